The molecule has 1 aliphatic heterocycles. The van der Waals surface area contributed by atoms with E-state index < -0.39 is 0 Å². The Bertz CT molecular complexity index is 247. The van der Waals surface area contributed by atoms with Crippen molar-refractivity contribution in [3.63, 3.8) is 0 Å². The monoisotopic (exact) mass is 254 g/mol. The normalized spacial score (nSPS) is 38.8. The van der Waals surface area contributed by atoms with Crippen molar-refractivity contribution < 1.29 is 4.74 Å². The molecule has 1 heterocycles. The van der Waals surface area contributed by atoms with Gasteiger partial charge >= 0.3 is 0 Å². The molecule has 0 aromatic rings. The summed E-state index contributed by atoms with van der Waals surface area (Å²) in [7, 11) is 0. The molecule has 2 aliphatic rings. The van der Waals surface area contributed by atoms with E-state index in [4.69, 9.17) is 10.5 Å². The molecule has 3 heteroatoms. The van der Waals surface area contributed by atoms with Crippen molar-refractivity contribution in [1.29, 1.82) is 0 Å². The molecule has 0 amide bonds. The number of rotatable bonds is 4. The molecule has 0 bridgehead atoms. The number of piperidine rings is 1. The molecule has 2 N–H and O–H groups in total. The standard InChI is InChI=1S/C15H30N2O/c1-3-18-14-5-4-10-17(11-14)15(12-16)8-6-13(2)7-9-15/h13-14H,3-12,16H2,1-2H3. The van der Waals surface area contributed by atoms with Crippen LogP contribution in [0.25, 0.3) is 0 Å². The maximum Gasteiger partial charge on any atom is 0.0702 e. The molecular formula is C15H30N2O. The van der Waals surface area contributed by atoms with Gasteiger partial charge < -0.3 is 10.5 Å². The zero-order valence-corrected chi connectivity index (χ0v) is 12.2. The third-order valence-corrected chi connectivity index (χ3v) is 5.04. The first-order valence-corrected chi connectivity index (χ1v) is 7.77. The molecule has 1 saturated heterocycles. The van der Waals surface area contributed by atoms with Crippen molar-refractivity contribution >= 4 is 0 Å². The van der Waals surface area contributed by atoms with E-state index in [0.717, 1.165) is 25.6 Å². The van der Waals surface area contributed by atoms with E-state index in [0.29, 0.717) is 6.10 Å². The van der Waals surface area contributed by atoms with Crippen LogP contribution < -0.4 is 5.73 Å². The zero-order valence-electron chi connectivity index (χ0n) is 12.2. The Morgan fingerprint density at radius 2 is 2.00 bits per heavy atom. The van der Waals surface area contributed by atoms with Crippen LogP contribution in [0.4, 0.5) is 0 Å². The summed E-state index contributed by atoms with van der Waals surface area (Å²) in [6, 6.07) is 0. The van der Waals surface area contributed by atoms with E-state index in [2.05, 4.69) is 18.7 Å². The van der Waals surface area contributed by atoms with Gasteiger partial charge in [-0.3, -0.25) is 4.90 Å². The fourth-order valence-electron chi connectivity index (χ4n) is 3.69. The highest BCUT2D eigenvalue weighted by Gasteiger charge is 2.40. The van der Waals surface area contributed by atoms with Crippen LogP contribution in [-0.4, -0.2) is 42.8 Å². The molecule has 1 unspecified atom stereocenters. The predicted octanol–water partition coefficient (Wildman–Crippen LogP) is 2.39. The van der Waals surface area contributed by atoms with Gasteiger partial charge in [0.25, 0.3) is 0 Å². The summed E-state index contributed by atoms with van der Waals surface area (Å²) >= 11 is 0. The van der Waals surface area contributed by atoms with Crippen LogP contribution in [0.15, 0.2) is 0 Å². The average Bonchev–Trinajstić information content (AvgIpc) is 2.41. The predicted molar refractivity (Wildman–Crippen MR) is 75.6 cm³/mol. The van der Waals surface area contributed by atoms with Crippen molar-refractivity contribution in [1.82, 2.24) is 4.90 Å². The second-order valence-corrected chi connectivity index (χ2v) is 6.28. The van der Waals surface area contributed by atoms with Crippen molar-refractivity contribution in [2.75, 3.05) is 26.2 Å². The summed E-state index contributed by atoms with van der Waals surface area (Å²) in [5.74, 6) is 0.886. The van der Waals surface area contributed by atoms with Gasteiger partial charge in [-0.2, -0.15) is 0 Å². The first kappa shape index (κ1) is 14.3. The van der Waals surface area contributed by atoms with Gasteiger partial charge in [-0.25, -0.2) is 0 Å². The number of nitrogens with two attached hydrogens (primary N) is 1. The first-order chi connectivity index (χ1) is 8.70. The van der Waals surface area contributed by atoms with Gasteiger partial charge in [-0.15, -0.1) is 0 Å². The van der Waals surface area contributed by atoms with Gasteiger partial charge in [0.2, 0.25) is 0 Å². The Morgan fingerprint density at radius 1 is 1.28 bits per heavy atom. The molecule has 0 aromatic carbocycles. The molecule has 2 rings (SSSR count). The number of hydrogen-bond acceptors (Lipinski definition) is 3. The highest BCUT2D eigenvalue weighted by molar-refractivity contribution is 4.97. The summed E-state index contributed by atoms with van der Waals surface area (Å²) in [6.45, 7) is 8.44. The Kier molecular flexibility index (Phi) is 5.05. The minimum Gasteiger partial charge on any atom is -0.377 e. The third-order valence-electron chi connectivity index (χ3n) is 5.04. The van der Waals surface area contributed by atoms with Gasteiger partial charge in [0.1, 0.15) is 0 Å². The van der Waals surface area contributed by atoms with E-state index in [9.17, 15) is 0 Å². The fourth-order valence-corrected chi connectivity index (χ4v) is 3.69. The highest BCUT2D eigenvalue weighted by Crippen LogP contribution is 2.37. The maximum absolute atomic E-state index is 6.15. The summed E-state index contributed by atoms with van der Waals surface area (Å²) in [6.07, 6.45) is 8.17. The molecule has 0 spiro atoms. The van der Waals surface area contributed by atoms with E-state index in [1.807, 2.05) is 0 Å². The second-order valence-electron chi connectivity index (χ2n) is 6.28. The third kappa shape index (κ3) is 3.06. The van der Waals surface area contributed by atoms with Gasteiger partial charge in [0, 0.05) is 25.2 Å². The lowest BCUT2D eigenvalue weighted by Gasteiger charge is -2.50. The van der Waals surface area contributed by atoms with Crippen LogP contribution in [0.3, 0.4) is 0 Å². The van der Waals surface area contributed by atoms with Crippen molar-refractivity contribution in [3.8, 4) is 0 Å². The fraction of sp³-hybridized carbons (Fsp3) is 1.00. The number of nitrogens with zero attached hydrogens (tertiary/aromatic N) is 1. The Hall–Kier alpha value is -0.120. The van der Waals surface area contributed by atoms with E-state index in [-0.39, 0.29) is 5.54 Å². The minimum absolute atomic E-state index is 0.280. The van der Waals surface area contributed by atoms with Crippen LogP contribution in [0.1, 0.15) is 52.4 Å². The molecule has 0 radical (unpaired) electrons. The molecule has 18 heavy (non-hydrogen) atoms. The number of ether oxygens (including phenoxy) is 1. The topological polar surface area (TPSA) is 38.5 Å². The summed E-state index contributed by atoms with van der Waals surface area (Å²) in [4.78, 5) is 2.66. The summed E-state index contributed by atoms with van der Waals surface area (Å²) in [5, 5.41) is 0. The van der Waals surface area contributed by atoms with E-state index >= 15 is 0 Å². The van der Waals surface area contributed by atoms with Crippen molar-refractivity contribution in [2.45, 2.75) is 64.0 Å². The van der Waals surface area contributed by atoms with Crippen molar-refractivity contribution in [2.24, 2.45) is 11.7 Å². The van der Waals surface area contributed by atoms with Gasteiger partial charge in [-0.1, -0.05) is 6.92 Å². The van der Waals surface area contributed by atoms with Crippen molar-refractivity contribution in [3.05, 3.63) is 0 Å². The molecule has 1 atom stereocenters. The van der Waals surface area contributed by atoms with E-state index in [1.165, 1.54) is 45.1 Å². The summed E-state index contributed by atoms with van der Waals surface area (Å²) in [5.41, 5.74) is 6.43. The van der Waals surface area contributed by atoms with Crippen LogP contribution in [-0.2, 0) is 4.74 Å². The average molecular weight is 254 g/mol. The lowest BCUT2D eigenvalue weighted by Crippen LogP contribution is -2.59. The van der Waals surface area contributed by atoms with Gasteiger partial charge in [0.05, 0.1) is 6.10 Å². The number of hydrogen-bond donors (Lipinski definition) is 1. The maximum atomic E-state index is 6.15. The Balaban J connectivity index is 1.98. The molecule has 0 aromatic heterocycles. The SMILES string of the molecule is CCOC1CCCN(C2(CN)CCC(C)CC2)C1. The van der Waals surface area contributed by atoms with Crippen LogP contribution >= 0.6 is 0 Å². The Labute approximate surface area is 112 Å². The lowest BCUT2D eigenvalue weighted by molar-refractivity contribution is -0.0467. The quantitative estimate of drug-likeness (QED) is 0.837. The molecule has 3 nitrogen and oxygen atoms in total. The van der Waals surface area contributed by atoms with E-state index in [1.54, 1.807) is 0 Å². The summed E-state index contributed by atoms with van der Waals surface area (Å²) < 4.78 is 5.83. The Morgan fingerprint density at radius 3 is 2.61 bits per heavy atom. The van der Waals surface area contributed by atoms with Crippen LogP contribution in [0.2, 0.25) is 0 Å². The largest absolute Gasteiger partial charge is 0.377 e. The smallest absolute Gasteiger partial charge is 0.0702 e. The molecule has 1 saturated carbocycles. The molecule has 106 valence electrons. The molecule has 2 fully saturated rings. The second kappa shape index (κ2) is 6.36. The van der Waals surface area contributed by atoms with Crippen LogP contribution in [0.5, 0.6) is 0 Å². The lowest BCUT2D eigenvalue weighted by atomic mass is 9.75. The molecular weight excluding hydrogens is 224 g/mol. The van der Waals surface area contributed by atoms with Gasteiger partial charge in [-0.05, 0) is 57.9 Å². The first-order valence-electron chi connectivity index (χ1n) is 7.77. The van der Waals surface area contributed by atoms with Gasteiger partial charge in [0.15, 0.2) is 0 Å². The zero-order chi connectivity index (χ0) is 13.0. The highest BCUT2D eigenvalue weighted by atomic mass is 16.5. The number of likely N-dealkylation sites (tertiary alicyclic amines) is 1. The molecule has 1 aliphatic carbocycles. The van der Waals surface area contributed by atoms with Crippen LogP contribution in [0, 0.1) is 5.92 Å². The minimum atomic E-state index is 0.280.